The van der Waals surface area contributed by atoms with Crippen LogP contribution in [0.3, 0.4) is 0 Å². The van der Waals surface area contributed by atoms with Crippen molar-refractivity contribution in [1.82, 2.24) is 0 Å². The number of halogens is 2. The fourth-order valence-electron chi connectivity index (χ4n) is 2.47. The Balaban J connectivity index is 1.78. The van der Waals surface area contributed by atoms with E-state index in [1.165, 1.54) is 0 Å². The first-order valence-corrected chi connectivity index (χ1v) is 7.61. The largest absolute Gasteiger partial charge is 0.489 e. The number of ether oxygens (including phenoxy) is 1. The Bertz CT molecular complexity index is 821. The zero-order valence-corrected chi connectivity index (χ0v) is 13.0. The first-order valence-electron chi connectivity index (χ1n) is 7.61. The number of hydrogen-bond donors (Lipinski definition) is 1. The molecule has 0 fully saturated rings. The summed E-state index contributed by atoms with van der Waals surface area (Å²) in [5, 5.41) is 0. The van der Waals surface area contributed by atoms with Gasteiger partial charge in [-0.2, -0.15) is 0 Å². The molecule has 3 aromatic carbocycles. The lowest BCUT2D eigenvalue weighted by atomic mass is 9.99. The van der Waals surface area contributed by atoms with Crippen LogP contribution >= 0.6 is 0 Å². The van der Waals surface area contributed by atoms with Gasteiger partial charge in [0.2, 0.25) is 0 Å². The Morgan fingerprint density at radius 3 is 2.46 bits per heavy atom. The summed E-state index contributed by atoms with van der Waals surface area (Å²) >= 11 is 0. The monoisotopic (exact) mass is 325 g/mol. The summed E-state index contributed by atoms with van der Waals surface area (Å²) in [5.74, 6) is -0.415. The summed E-state index contributed by atoms with van der Waals surface area (Å²) in [6.45, 7) is 0.424. The molecular formula is C20H17F2NO. The Kier molecular flexibility index (Phi) is 4.87. The molecule has 0 saturated heterocycles. The number of rotatable bonds is 5. The molecule has 3 aromatic rings. The van der Waals surface area contributed by atoms with E-state index in [0.29, 0.717) is 17.9 Å². The lowest BCUT2D eigenvalue weighted by Gasteiger charge is -2.15. The van der Waals surface area contributed by atoms with E-state index >= 15 is 0 Å². The van der Waals surface area contributed by atoms with E-state index in [-0.39, 0.29) is 5.56 Å². The van der Waals surface area contributed by atoms with E-state index < -0.39 is 17.7 Å². The van der Waals surface area contributed by atoms with E-state index in [1.807, 2.05) is 30.3 Å². The van der Waals surface area contributed by atoms with Gasteiger partial charge in [-0.3, -0.25) is 0 Å². The highest BCUT2D eigenvalue weighted by atomic mass is 19.1. The first-order chi connectivity index (χ1) is 11.6. The van der Waals surface area contributed by atoms with Crippen LogP contribution in [0.2, 0.25) is 0 Å². The van der Waals surface area contributed by atoms with Crippen molar-refractivity contribution in [3.8, 4) is 5.75 Å². The summed E-state index contributed by atoms with van der Waals surface area (Å²) in [7, 11) is 0. The normalized spacial score (nSPS) is 12.0. The van der Waals surface area contributed by atoms with Gasteiger partial charge in [0.05, 0.1) is 6.04 Å². The van der Waals surface area contributed by atoms with Gasteiger partial charge in [-0.25, -0.2) is 8.78 Å². The van der Waals surface area contributed by atoms with Gasteiger partial charge in [-0.05, 0) is 41.5 Å². The molecule has 0 aliphatic heterocycles. The third-order valence-electron chi connectivity index (χ3n) is 3.76. The Morgan fingerprint density at radius 2 is 1.67 bits per heavy atom. The van der Waals surface area contributed by atoms with Gasteiger partial charge in [0.15, 0.2) is 0 Å². The summed E-state index contributed by atoms with van der Waals surface area (Å²) in [5.41, 5.74) is 7.92. The fraction of sp³-hybridized carbons (Fsp3) is 0.100. The standard InChI is InChI=1S/C20H17F2NO/c21-16-9-10-19(22)18(12-16)20(23)15-7-4-8-17(11-15)24-13-14-5-2-1-3-6-14/h1-12,20H,13,23H2. The minimum Gasteiger partial charge on any atom is -0.489 e. The van der Waals surface area contributed by atoms with Crippen molar-refractivity contribution >= 4 is 0 Å². The summed E-state index contributed by atoms with van der Waals surface area (Å²) in [6.07, 6.45) is 0. The number of benzene rings is 3. The van der Waals surface area contributed by atoms with Crippen LogP contribution in [0.5, 0.6) is 5.75 Å². The zero-order valence-electron chi connectivity index (χ0n) is 13.0. The molecule has 3 rings (SSSR count). The van der Waals surface area contributed by atoms with Crippen molar-refractivity contribution in [1.29, 1.82) is 0 Å². The molecule has 1 unspecified atom stereocenters. The maximum absolute atomic E-state index is 13.9. The second-order valence-corrected chi connectivity index (χ2v) is 5.49. The van der Waals surface area contributed by atoms with Crippen LogP contribution in [0.25, 0.3) is 0 Å². The molecule has 0 bridgehead atoms. The molecule has 24 heavy (non-hydrogen) atoms. The highest BCUT2D eigenvalue weighted by Crippen LogP contribution is 2.26. The van der Waals surface area contributed by atoms with Gasteiger partial charge in [0.25, 0.3) is 0 Å². The maximum Gasteiger partial charge on any atom is 0.128 e. The molecule has 0 saturated carbocycles. The first kappa shape index (κ1) is 16.1. The van der Waals surface area contributed by atoms with E-state index in [0.717, 1.165) is 23.8 Å². The van der Waals surface area contributed by atoms with Crippen LogP contribution < -0.4 is 10.5 Å². The third kappa shape index (κ3) is 3.78. The van der Waals surface area contributed by atoms with Crippen LogP contribution in [0.1, 0.15) is 22.7 Å². The molecule has 0 aromatic heterocycles. The second-order valence-electron chi connectivity index (χ2n) is 5.49. The van der Waals surface area contributed by atoms with Crippen LogP contribution in [-0.4, -0.2) is 0 Å². The zero-order chi connectivity index (χ0) is 16.9. The predicted octanol–water partition coefficient (Wildman–Crippen LogP) is 4.59. The van der Waals surface area contributed by atoms with Gasteiger partial charge in [0, 0.05) is 5.56 Å². The van der Waals surface area contributed by atoms with Gasteiger partial charge in [-0.15, -0.1) is 0 Å². The minimum absolute atomic E-state index is 0.121. The lowest BCUT2D eigenvalue weighted by Crippen LogP contribution is -2.14. The lowest BCUT2D eigenvalue weighted by molar-refractivity contribution is 0.306. The molecule has 0 radical (unpaired) electrons. The SMILES string of the molecule is NC(c1cccc(OCc2ccccc2)c1)c1cc(F)ccc1F. The molecular weight excluding hydrogens is 308 g/mol. The van der Waals surface area contributed by atoms with Crippen molar-refractivity contribution in [2.24, 2.45) is 5.73 Å². The van der Waals surface area contributed by atoms with Crippen molar-refractivity contribution in [3.05, 3.63) is 101 Å². The molecule has 0 aliphatic carbocycles. The average Bonchev–Trinajstić information content (AvgIpc) is 2.62. The van der Waals surface area contributed by atoms with Crippen molar-refractivity contribution in [3.63, 3.8) is 0 Å². The Morgan fingerprint density at radius 1 is 0.875 bits per heavy atom. The smallest absolute Gasteiger partial charge is 0.128 e. The van der Waals surface area contributed by atoms with E-state index in [1.54, 1.807) is 24.3 Å². The molecule has 1 atom stereocenters. The molecule has 0 spiro atoms. The van der Waals surface area contributed by atoms with Crippen LogP contribution in [0.15, 0.2) is 72.8 Å². The number of hydrogen-bond acceptors (Lipinski definition) is 2. The topological polar surface area (TPSA) is 35.2 Å². The van der Waals surface area contributed by atoms with Crippen LogP contribution in [-0.2, 0) is 6.61 Å². The van der Waals surface area contributed by atoms with E-state index in [2.05, 4.69) is 0 Å². The second kappa shape index (κ2) is 7.23. The molecule has 2 nitrogen and oxygen atoms in total. The van der Waals surface area contributed by atoms with Crippen LogP contribution in [0, 0.1) is 11.6 Å². The molecule has 0 aliphatic rings. The highest BCUT2D eigenvalue weighted by Gasteiger charge is 2.15. The minimum atomic E-state index is -0.763. The fourth-order valence-corrected chi connectivity index (χ4v) is 2.47. The van der Waals surface area contributed by atoms with Gasteiger partial charge in [-0.1, -0.05) is 42.5 Å². The number of nitrogens with two attached hydrogens (primary N) is 1. The molecule has 0 amide bonds. The summed E-state index contributed by atoms with van der Waals surface area (Å²) in [6, 6.07) is 19.4. The summed E-state index contributed by atoms with van der Waals surface area (Å²) in [4.78, 5) is 0. The third-order valence-corrected chi connectivity index (χ3v) is 3.76. The van der Waals surface area contributed by atoms with Crippen molar-refractivity contribution in [2.45, 2.75) is 12.6 Å². The molecule has 2 N–H and O–H groups in total. The molecule has 4 heteroatoms. The molecule has 0 heterocycles. The predicted molar refractivity (Wildman–Crippen MR) is 89.6 cm³/mol. The maximum atomic E-state index is 13.9. The Labute approximate surface area is 139 Å². The average molecular weight is 325 g/mol. The van der Waals surface area contributed by atoms with Gasteiger partial charge < -0.3 is 10.5 Å². The summed E-state index contributed by atoms with van der Waals surface area (Å²) < 4.78 is 33.0. The van der Waals surface area contributed by atoms with Gasteiger partial charge in [0.1, 0.15) is 24.0 Å². The Hall–Kier alpha value is -2.72. The molecule has 122 valence electrons. The van der Waals surface area contributed by atoms with Crippen molar-refractivity contribution < 1.29 is 13.5 Å². The van der Waals surface area contributed by atoms with E-state index in [9.17, 15) is 8.78 Å². The highest BCUT2D eigenvalue weighted by molar-refractivity contribution is 5.37. The van der Waals surface area contributed by atoms with Crippen LogP contribution in [0.4, 0.5) is 8.78 Å². The van der Waals surface area contributed by atoms with Gasteiger partial charge >= 0.3 is 0 Å². The quantitative estimate of drug-likeness (QED) is 0.744. The van der Waals surface area contributed by atoms with E-state index in [4.69, 9.17) is 10.5 Å². The van der Waals surface area contributed by atoms with Crippen molar-refractivity contribution in [2.75, 3.05) is 0 Å².